The van der Waals surface area contributed by atoms with Crippen molar-refractivity contribution in [2.24, 2.45) is 12.2 Å². The number of para-hydroxylation sites is 1. The first-order valence-electron chi connectivity index (χ1n) is 5.18. The molecule has 2 rings (SSSR count). The third-order valence-electron chi connectivity index (χ3n) is 2.79. The van der Waals surface area contributed by atoms with Gasteiger partial charge in [0, 0.05) is 12.7 Å². The van der Waals surface area contributed by atoms with Gasteiger partial charge in [0.15, 0.2) is 0 Å². The van der Waals surface area contributed by atoms with E-state index in [2.05, 4.69) is 5.16 Å². The van der Waals surface area contributed by atoms with Gasteiger partial charge in [-0.3, -0.25) is 9.48 Å². The number of aromatic nitrogens is 2. The molecule has 0 saturated heterocycles. The molecule has 1 heterocycles. The quantitative estimate of drug-likeness (QED) is 0.481. The second-order valence-corrected chi connectivity index (χ2v) is 3.72. The zero-order valence-electron chi connectivity index (χ0n) is 9.66. The first kappa shape index (κ1) is 11.2. The number of benzene rings is 1. The van der Waals surface area contributed by atoms with Gasteiger partial charge in [-0.1, -0.05) is 23.4 Å². The Kier molecular flexibility index (Phi) is 2.82. The van der Waals surface area contributed by atoms with Crippen molar-refractivity contribution >= 4 is 6.21 Å². The molecule has 1 aromatic heterocycles. The number of oxime groups is 1. The van der Waals surface area contributed by atoms with Crippen LogP contribution in [-0.2, 0) is 7.05 Å². The highest BCUT2D eigenvalue weighted by atomic mass is 16.4. The molecule has 0 radical (unpaired) electrons. The molecule has 0 unspecified atom stereocenters. The van der Waals surface area contributed by atoms with Crippen molar-refractivity contribution in [1.82, 2.24) is 9.36 Å². The van der Waals surface area contributed by atoms with Crippen LogP contribution in [0.2, 0.25) is 0 Å². The van der Waals surface area contributed by atoms with E-state index < -0.39 is 0 Å². The summed E-state index contributed by atoms with van der Waals surface area (Å²) in [5.41, 5.74) is 1.71. The number of rotatable bonds is 2. The summed E-state index contributed by atoms with van der Waals surface area (Å²) in [4.78, 5) is 12.1. The maximum atomic E-state index is 12.1. The van der Waals surface area contributed by atoms with E-state index in [0.29, 0.717) is 5.56 Å². The van der Waals surface area contributed by atoms with E-state index >= 15 is 0 Å². The van der Waals surface area contributed by atoms with E-state index in [4.69, 9.17) is 5.21 Å². The Balaban J connectivity index is 2.73. The Hall–Kier alpha value is -2.30. The van der Waals surface area contributed by atoms with Crippen LogP contribution in [0.1, 0.15) is 11.3 Å². The minimum Gasteiger partial charge on any atom is -0.411 e. The summed E-state index contributed by atoms with van der Waals surface area (Å²) in [5, 5.41) is 11.5. The average molecular weight is 231 g/mol. The fourth-order valence-corrected chi connectivity index (χ4v) is 1.80. The smallest absolute Gasteiger partial charge is 0.280 e. The summed E-state index contributed by atoms with van der Waals surface area (Å²) in [6, 6.07) is 9.32. The highest BCUT2D eigenvalue weighted by Gasteiger charge is 2.13. The van der Waals surface area contributed by atoms with Crippen LogP contribution in [0.4, 0.5) is 0 Å². The Morgan fingerprint density at radius 3 is 2.53 bits per heavy atom. The van der Waals surface area contributed by atoms with Crippen molar-refractivity contribution in [2.45, 2.75) is 6.92 Å². The molecule has 0 aliphatic rings. The molecular weight excluding hydrogens is 218 g/mol. The standard InChI is InChI=1S/C12H13N3O2/c1-9-11(8-13-17)12(16)15(14(9)2)10-6-4-3-5-7-10/h3-8,17H,1-2H3/b13-8+. The third kappa shape index (κ3) is 1.75. The Bertz CT molecular complexity index is 609. The van der Waals surface area contributed by atoms with Crippen LogP contribution >= 0.6 is 0 Å². The first-order chi connectivity index (χ1) is 8.16. The van der Waals surface area contributed by atoms with Gasteiger partial charge in [-0.2, -0.15) is 0 Å². The van der Waals surface area contributed by atoms with Crippen LogP contribution < -0.4 is 5.56 Å². The fraction of sp³-hybridized carbons (Fsp3) is 0.167. The van der Waals surface area contributed by atoms with Crippen molar-refractivity contribution in [3.05, 3.63) is 51.9 Å². The molecule has 0 amide bonds. The van der Waals surface area contributed by atoms with Gasteiger partial charge >= 0.3 is 0 Å². The number of hydrogen-bond donors (Lipinski definition) is 1. The van der Waals surface area contributed by atoms with Crippen LogP contribution in [-0.4, -0.2) is 20.8 Å². The fourth-order valence-electron chi connectivity index (χ4n) is 1.80. The summed E-state index contributed by atoms with van der Waals surface area (Å²) in [6.45, 7) is 1.80. The molecule has 1 aromatic carbocycles. The van der Waals surface area contributed by atoms with E-state index in [-0.39, 0.29) is 5.56 Å². The lowest BCUT2D eigenvalue weighted by Crippen LogP contribution is -2.20. The van der Waals surface area contributed by atoms with Gasteiger partial charge in [-0.25, -0.2) is 4.68 Å². The summed E-state index contributed by atoms with van der Waals surface area (Å²) in [6.07, 6.45) is 1.16. The molecule has 0 spiro atoms. The summed E-state index contributed by atoms with van der Waals surface area (Å²) in [5.74, 6) is 0. The highest BCUT2D eigenvalue weighted by Crippen LogP contribution is 2.08. The maximum absolute atomic E-state index is 12.1. The first-order valence-corrected chi connectivity index (χ1v) is 5.18. The predicted molar refractivity (Wildman–Crippen MR) is 65.1 cm³/mol. The molecule has 88 valence electrons. The molecule has 1 N–H and O–H groups in total. The zero-order chi connectivity index (χ0) is 12.4. The molecule has 0 fully saturated rings. The zero-order valence-corrected chi connectivity index (χ0v) is 9.66. The van der Waals surface area contributed by atoms with E-state index in [1.807, 2.05) is 30.3 Å². The molecule has 0 saturated carbocycles. The maximum Gasteiger partial charge on any atom is 0.280 e. The minimum atomic E-state index is -0.200. The van der Waals surface area contributed by atoms with Crippen LogP contribution in [0.5, 0.6) is 0 Å². The topological polar surface area (TPSA) is 59.5 Å². The van der Waals surface area contributed by atoms with Crippen LogP contribution in [0.3, 0.4) is 0 Å². The van der Waals surface area contributed by atoms with Gasteiger partial charge in [-0.05, 0) is 19.1 Å². The van der Waals surface area contributed by atoms with Crippen molar-refractivity contribution in [2.75, 3.05) is 0 Å². The van der Waals surface area contributed by atoms with Gasteiger partial charge in [0.2, 0.25) is 0 Å². The average Bonchev–Trinajstić information content (AvgIpc) is 2.55. The number of nitrogens with zero attached hydrogens (tertiary/aromatic N) is 3. The highest BCUT2D eigenvalue weighted by molar-refractivity contribution is 5.80. The molecule has 2 aromatic rings. The molecule has 0 bridgehead atoms. The molecular formula is C12H13N3O2. The summed E-state index contributed by atoms with van der Waals surface area (Å²) >= 11 is 0. The second kappa shape index (κ2) is 4.29. The van der Waals surface area contributed by atoms with Crippen molar-refractivity contribution in [1.29, 1.82) is 0 Å². The molecule has 5 nitrogen and oxygen atoms in total. The second-order valence-electron chi connectivity index (χ2n) is 3.72. The third-order valence-corrected chi connectivity index (χ3v) is 2.79. The van der Waals surface area contributed by atoms with Gasteiger partial charge in [-0.15, -0.1) is 0 Å². The largest absolute Gasteiger partial charge is 0.411 e. The van der Waals surface area contributed by atoms with Crippen molar-refractivity contribution < 1.29 is 5.21 Å². The van der Waals surface area contributed by atoms with Gasteiger partial charge in [0.1, 0.15) is 0 Å². The van der Waals surface area contributed by atoms with E-state index in [1.165, 1.54) is 4.68 Å². The number of hydrogen-bond acceptors (Lipinski definition) is 3. The van der Waals surface area contributed by atoms with Crippen LogP contribution in [0.15, 0.2) is 40.3 Å². The Morgan fingerprint density at radius 1 is 1.29 bits per heavy atom. The molecule has 0 aliphatic heterocycles. The summed E-state index contributed by atoms with van der Waals surface area (Å²) in [7, 11) is 1.79. The molecule has 5 heteroatoms. The lowest BCUT2D eigenvalue weighted by atomic mass is 10.3. The SMILES string of the molecule is Cc1c(/C=N/O)c(=O)n(-c2ccccc2)n1C. The molecule has 0 atom stereocenters. The minimum absolute atomic E-state index is 0.200. The van der Waals surface area contributed by atoms with E-state index in [0.717, 1.165) is 17.6 Å². The lowest BCUT2D eigenvalue weighted by Gasteiger charge is -2.07. The predicted octanol–water partition coefficient (Wildman–Crippen LogP) is 1.29. The van der Waals surface area contributed by atoms with Gasteiger partial charge in [0.05, 0.1) is 17.5 Å². The van der Waals surface area contributed by atoms with Crippen LogP contribution in [0.25, 0.3) is 5.69 Å². The monoisotopic (exact) mass is 231 g/mol. The Morgan fingerprint density at radius 2 is 1.94 bits per heavy atom. The van der Waals surface area contributed by atoms with Gasteiger partial charge < -0.3 is 5.21 Å². The molecule has 17 heavy (non-hydrogen) atoms. The van der Waals surface area contributed by atoms with Crippen molar-refractivity contribution in [3.63, 3.8) is 0 Å². The normalized spacial score (nSPS) is 11.2. The molecule has 0 aliphatic carbocycles. The Labute approximate surface area is 98.2 Å². The van der Waals surface area contributed by atoms with Crippen LogP contribution in [0, 0.1) is 6.92 Å². The van der Waals surface area contributed by atoms with Crippen molar-refractivity contribution in [3.8, 4) is 5.69 Å². The van der Waals surface area contributed by atoms with E-state index in [1.54, 1.807) is 18.7 Å². The lowest BCUT2D eigenvalue weighted by molar-refractivity contribution is 0.322. The van der Waals surface area contributed by atoms with Gasteiger partial charge in [0.25, 0.3) is 5.56 Å². The van der Waals surface area contributed by atoms with E-state index in [9.17, 15) is 4.79 Å². The summed E-state index contributed by atoms with van der Waals surface area (Å²) < 4.78 is 3.26.